The molecule has 0 spiro atoms. The molecule has 0 bridgehead atoms. The quantitative estimate of drug-likeness (QED) is 0.777. The first kappa shape index (κ1) is 11.5. The molecule has 0 aliphatic heterocycles. The van der Waals surface area contributed by atoms with Gasteiger partial charge in [-0.05, 0) is 49.6 Å². The number of aromatic hydroxyl groups is 1. The van der Waals surface area contributed by atoms with Crippen molar-refractivity contribution in [2.75, 3.05) is 0 Å². The monoisotopic (exact) mass is 323 g/mol. The van der Waals surface area contributed by atoms with Gasteiger partial charge in [-0.1, -0.05) is 0 Å². The Labute approximate surface area is 97.0 Å². The van der Waals surface area contributed by atoms with E-state index in [0.29, 0.717) is 14.5 Å². The molecule has 0 radical (unpaired) electrons. The van der Waals surface area contributed by atoms with Gasteiger partial charge in [0.2, 0.25) is 0 Å². The van der Waals surface area contributed by atoms with Crippen LogP contribution in [-0.4, -0.2) is 16.2 Å². The number of carboxylic acids is 1. The number of hydrogen-bond donors (Lipinski definition) is 3. The average molecular weight is 325 g/mol. The Morgan fingerprint density at radius 2 is 1.79 bits per heavy atom. The Kier molecular flexibility index (Phi) is 3.52. The predicted octanol–water partition coefficient (Wildman–Crippen LogP) is 2.00. The summed E-state index contributed by atoms with van der Waals surface area (Å²) in [4.78, 5) is 10.6. The summed E-state index contributed by atoms with van der Waals surface area (Å²) in [5.74, 6) is -1.10. The van der Waals surface area contributed by atoms with E-state index in [4.69, 9.17) is 10.8 Å². The Morgan fingerprint density at radius 1 is 1.36 bits per heavy atom. The molecular formula is C8H7Br2NO3. The molecule has 14 heavy (non-hydrogen) atoms. The first-order valence-corrected chi connectivity index (χ1v) is 5.18. The SMILES string of the molecule is NC(C(=O)O)c1cc(Br)c(O)c(Br)c1. The van der Waals surface area contributed by atoms with Gasteiger partial charge < -0.3 is 15.9 Å². The minimum absolute atomic E-state index is 0.0198. The standard InChI is InChI=1S/C8H7Br2NO3/c9-4-1-3(6(11)8(13)14)2-5(10)7(4)12/h1-2,6,12H,11H2,(H,13,14). The van der Waals surface area contributed by atoms with Gasteiger partial charge in [-0.3, -0.25) is 4.79 Å². The number of phenols is 1. The molecule has 0 fully saturated rings. The van der Waals surface area contributed by atoms with Crippen LogP contribution in [0.25, 0.3) is 0 Å². The molecule has 4 N–H and O–H groups in total. The van der Waals surface area contributed by atoms with E-state index in [9.17, 15) is 9.90 Å². The van der Waals surface area contributed by atoms with Crippen LogP contribution in [0.4, 0.5) is 0 Å². The molecule has 0 aromatic heterocycles. The number of nitrogens with two attached hydrogens (primary N) is 1. The van der Waals surface area contributed by atoms with Crippen molar-refractivity contribution in [1.82, 2.24) is 0 Å². The summed E-state index contributed by atoms with van der Waals surface area (Å²) >= 11 is 6.17. The number of carbonyl (C=O) groups is 1. The zero-order chi connectivity index (χ0) is 10.9. The largest absolute Gasteiger partial charge is 0.506 e. The minimum Gasteiger partial charge on any atom is -0.506 e. The van der Waals surface area contributed by atoms with Crippen LogP contribution < -0.4 is 5.73 Å². The van der Waals surface area contributed by atoms with Crippen molar-refractivity contribution in [3.05, 3.63) is 26.6 Å². The molecule has 76 valence electrons. The number of hydrogen-bond acceptors (Lipinski definition) is 3. The van der Waals surface area contributed by atoms with Gasteiger partial charge in [-0.25, -0.2) is 0 Å². The Bertz CT molecular complexity index is 358. The molecule has 0 aliphatic rings. The summed E-state index contributed by atoms with van der Waals surface area (Å²) in [6.45, 7) is 0. The molecule has 0 amide bonds. The van der Waals surface area contributed by atoms with E-state index in [1.165, 1.54) is 12.1 Å². The predicted molar refractivity (Wildman–Crippen MR) is 58.1 cm³/mol. The van der Waals surface area contributed by atoms with Crippen LogP contribution in [0.1, 0.15) is 11.6 Å². The van der Waals surface area contributed by atoms with Gasteiger partial charge in [0.25, 0.3) is 0 Å². The van der Waals surface area contributed by atoms with Gasteiger partial charge >= 0.3 is 5.97 Å². The topological polar surface area (TPSA) is 83.6 Å². The molecule has 1 unspecified atom stereocenters. The van der Waals surface area contributed by atoms with Crippen LogP contribution in [0.15, 0.2) is 21.1 Å². The van der Waals surface area contributed by atoms with Crippen molar-refractivity contribution in [3.8, 4) is 5.75 Å². The minimum atomic E-state index is -1.12. The van der Waals surface area contributed by atoms with Crippen LogP contribution in [0.2, 0.25) is 0 Å². The third-order valence-corrected chi connectivity index (χ3v) is 2.87. The van der Waals surface area contributed by atoms with Gasteiger partial charge in [0.15, 0.2) is 0 Å². The highest BCUT2D eigenvalue weighted by Crippen LogP contribution is 2.34. The van der Waals surface area contributed by atoms with Gasteiger partial charge in [0, 0.05) is 0 Å². The normalized spacial score (nSPS) is 12.5. The molecule has 1 aromatic rings. The highest BCUT2D eigenvalue weighted by Gasteiger charge is 2.17. The van der Waals surface area contributed by atoms with Crippen molar-refractivity contribution in [2.24, 2.45) is 5.73 Å². The van der Waals surface area contributed by atoms with E-state index >= 15 is 0 Å². The van der Waals surface area contributed by atoms with Crippen molar-refractivity contribution in [2.45, 2.75) is 6.04 Å². The highest BCUT2D eigenvalue weighted by atomic mass is 79.9. The summed E-state index contributed by atoms with van der Waals surface area (Å²) in [7, 11) is 0. The smallest absolute Gasteiger partial charge is 0.325 e. The second-order valence-corrected chi connectivity index (χ2v) is 4.36. The molecule has 0 saturated carbocycles. The van der Waals surface area contributed by atoms with Crippen molar-refractivity contribution >= 4 is 37.8 Å². The van der Waals surface area contributed by atoms with Gasteiger partial charge in [-0.15, -0.1) is 0 Å². The molecule has 0 aliphatic carbocycles. The first-order chi connectivity index (χ1) is 6.43. The van der Waals surface area contributed by atoms with E-state index in [0.717, 1.165) is 0 Å². The maximum atomic E-state index is 10.6. The zero-order valence-electron chi connectivity index (χ0n) is 6.87. The lowest BCUT2D eigenvalue weighted by atomic mass is 10.1. The third-order valence-electron chi connectivity index (χ3n) is 1.66. The number of halogens is 2. The summed E-state index contributed by atoms with van der Waals surface area (Å²) in [5.41, 5.74) is 5.81. The zero-order valence-corrected chi connectivity index (χ0v) is 10.0. The number of rotatable bonds is 2. The number of phenolic OH excluding ortho intramolecular Hbond substituents is 1. The van der Waals surface area contributed by atoms with Crippen LogP contribution in [0, 0.1) is 0 Å². The molecule has 0 heterocycles. The van der Waals surface area contributed by atoms with Gasteiger partial charge in [0.05, 0.1) is 8.95 Å². The van der Waals surface area contributed by atoms with E-state index in [1.807, 2.05) is 0 Å². The van der Waals surface area contributed by atoms with Gasteiger partial charge in [0.1, 0.15) is 11.8 Å². The van der Waals surface area contributed by atoms with E-state index in [1.54, 1.807) is 0 Å². The van der Waals surface area contributed by atoms with Crippen molar-refractivity contribution in [1.29, 1.82) is 0 Å². The van der Waals surface area contributed by atoms with E-state index in [2.05, 4.69) is 31.9 Å². The van der Waals surface area contributed by atoms with Crippen molar-refractivity contribution < 1.29 is 15.0 Å². The van der Waals surface area contributed by atoms with Crippen LogP contribution in [0.3, 0.4) is 0 Å². The fourth-order valence-electron chi connectivity index (χ4n) is 0.907. The average Bonchev–Trinajstić information content (AvgIpc) is 2.12. The van der Waals surface area contributed by atoms with Gasteiger partial charge in [-0.2, -0.15) is 0 Å². The lowest BCUT2D eigenvalue weighted by Crippen LogP contribution is -2.20. The molecule has 0 saturated heterocycles. The molecule has 4 nitrogen and oxygen atoms in total. The maximum Gasteiger partial charge on any atom is 0.325 e. The number of benzene rings is 1. The lowest BCUT2D eigenvalue weighted by Gasteiger charge is -2.09. The second kappa shape index (κ2) is 4.29. The summed E-state index contributed by atoms with van der Waals surface area (Å²) in [5, 5.41) is 18.0. The summed E-state index contributed by atoms with van der Waals surface area (Å²) in [6.07, 6.45) is 0. The van der Waals surface area contributed by atoms with E-state index < -0.39 is 12.0 Å². The molecule has 1 rings (SSSR count). The third kappa shape index (κ3) is 2.26. The fraction of sp³-hybridized carbons (Fsp3) is 0.125. The van der Waals surface area contributed by atoms with Crippen molar-refractivity contribution in [3.63, 3.8) is 0 Å². The lowest BCUT2D eigenvalue weighted by molar-refractivity contribution is -0.138. The van der Waals surface area contributed by atoms with Crippen LogP contribution in [-0.2, 0) is 4.79 Å². The Hall–Kier alpha value is -0.590. The highest BCUT2D eigenvalue weighted by molar-refractivity contribution is 9.11. The maximum absolute atomic E-state index is 10.6. The second-order valence-electron chi connectivity index (χ2n) is 2.65. The van der Waals surface area contributed by atoms with Crippen LogP contribution >= 0.6 is 31.9 Å². The summed E-state index contributed by atoms with van der Waals surface area (Å²) < 4.78 is 0.803. The molecule has 1 aromatic carbocycles. The molecule has 6 heteroatoms. The number of carboxylic acid groups (broad SMARTS) is 1. The summed E-state index contributed by atoms with van der Waals surface area (Å²) in [6, 6.07) is 1.85. The Morgan fingerprint density at radius 3 is 2.14 bits per heavy atom. The molecule has 1 atom stereocenters. The Balaban J connectivity index is 3.19. The van der Waals surface area contributed by atoms with Crippen LogP contribution in [0.5, 0.6) is 5.75 Å². The number of aliphatic carboxylic acids is 1. The molecular weight excluding hydrogens is 318 g/mol. The first-order valence-electron chi connectivity index (χ1n) is 3.59. The van der Waals surface area contributed by atoms with E-state index in [-0.39, 0.29) is 5.75 Å². The fourth-order valence-corrected chi connectivity index (χ4v) is 2.13.